The molecule has 0 radical (unpaired) electrons. The highest BCUT2D eigenvalue weighted by molar-refractivity contribution is 6.33. The molecule has 1 N–H and O–H groups in total. The molecule has 1 aromatic rings. The van der Waals surface area contributed by atoms with E-state index < -0.39 is 5.97 Å². The van der Waals surface area contributed by atoms with Crippen molar-refractivity contribution in [3.05, 3.63) is 29.8 Å². The minimum atomic E-state index is -0.522. The quantitative estimate of drug-likeness (QED) is 0.650. The van der Waals surface area contributed by atoms with E-state index in [9.17, 15) is 9.59 Å². The van der Waals surface area contributed by atoms with Gasteiger partial charge in [0.05, 0.1) is 25.0 Å². The first-order valence-corrected chi connectivity index (χ1v) is 5.54. The molecule has 0 aliphatic carbocycles. The zero-order chi connectivity index (χ0) is 13.1. The highest BCUT2D eigenvalue weighted by atomic mass is 16.5. The molecule has 2 rings (SSSR count). The molecule has 5 nitrogen and oxygen atoms in total. The van der Waals surface area contributed by atoms with Gasteiger partial charge in [-0.2, -0.15) is 0 Å². The molecule has 1 aliphatic rings. The first-order chi connectivity index (χ1) is 8.65. The molecule has 1 heterocycles. The van der Waals surface area contributed by atoms with Crippen LogP contribution in [0.1, 0.15) is 12.5 Å². The number of esters is 1. The Morgan fingerprint density at radius 1 is 1.44 bits per heavy atom. The van der Waals surface area contributed by atoms with Crippen molar-refractivity contribution in [1.82, 2.24) is 0 Å². The Balaban J connectivity index is 2.36. The van der Waals surface area contributed by atoms with E-state index in [0.717, 1.165) is 0 Å². The summed E-state index contributed by atoms with van der Waals surface area (Å²) in [6.07, 6.45) is 1.21. The molecule has 1 amide bonds. The number of methoxy groups -OCH3 is 1. The molecule has 1 aliphatic heterocycles. The van der Waals surface area contributed by atoms with E-state index >= 15 is 0 Å². The van der Waals surface area contributed by atoms with Crippen molar-refractivity contribution in [2.24, 2.45) is 0 Å². The average molecular weight is 247 g/mol. The monoisotopic (exact) mass is 247 g/mol. The smallest absolute Gasteiger partial charge is 0.331 e. The second-order valence-electron chi connectivity index (χ2n) is 3.68. The summed E-state index contributed by atoms with van der Waals surface area (Å²) in [4.78, 5) is 23.1. The first-order valence-electron chi connectivity index (χ1n) is 5.54. The third kappa shape index (κ3) is 2.20. The van der Waals surface area contributed by atoms with Crippen LogP contribution in [-0.2, 0) is 14.3 Å². The number of carbonyl (C=O) groups is 2. The fourth-order valence-electron chi connectivity index (χ4n) is 1.75. The fourth-order valence-corrected chi connectivity index (χ4v) is 1.75. The number of hydrogen-bond donors (Lipinski definition) is 1. The van der Waals surface area contributed by atoms with Gasteiger partial charge in [0.1, 0.15) is 5.75 Å². The predicted molar refractivity (Wildman–Crippen MR) is 66.2 cm³/mol. The van der Waals surface area contributed by atoms with Crippen LogP contribution in [0.3, 0.4) is 0 Å². The number of nitrogens with one attached hydrogen (secondary N) is 1. The van der Waals surface area contributed by atoms with Crippen LogP contribution in [0.4, 0.5) is 5.69 Å². The Labute approximate surface area is 104 Å². The van der Waals surface area contributed by atoms with E-state index in [2.05, 4.69) is 5.32 Å². The number of fused-ring (bicyclic) bond motifs is 1. The van der Waals surface area contributed by atoms with E-state index in [1.807, 2.05) is 0 Å². The Hall–Kier alpha value is -2.30. The van der Waals surface area contributed by atoms with E-state index in [-0.39, 0.29) is 12.5 Å². The van der Waals surface area contributed by atoms with E-state index in [1.165, 1.54) is 6.08 Å². The lowest BCUT2D eigenvalue weighted by Gasteiger charge is -2.02. The maximum absolute atomic E-state index is 11.7. The van der Waals surface area contributed by atoms with Crippen LogP contribution in [0.15, 0.2) is 24.3 Å². The molecule has 0 atom stereocenters. The average Bonchev–Trinajstić information content (AvgIpc) is 2.65. The summed E-state index contributed by atoms with van der Waals surface area (Å²) in [5.74, 6) is -0.191. The molecule has 0 aromatic heterocycles. The predicted octanol–water partition coefficient (Wildman–Crippen LogP) is 1.59. The van der Waals surface area contributed by atoms with Crippen LogP contribution in [0.2, 0.25) is 0 Å². The van der Waals surface area contributed by atoms with Gasteiger partial charge in [-0.25, -0.2) is 4.79 Å². The summed E-state index contributed by atoms with van der Waals surface area (Å²) < 4.78 is 9.86. The van der Waals surface area contributed by atoms with Crippen molar-refractivity contribution < 1.29 is 19.1 Å². The van der Waals surface area contributed by atoms with Crippen LogP contribution in [0, 0.1) is 0 Å². The summed E-state index contributed by atoms with van der Waals surface area (Å²) in [6, 6.07) is 5.18. The Kier molecular flexibility index (Phi) is 3.32. The van der Waals surface area contributed by atoms with Crippen molar-refractivity contribution >= 4 is 23.1 Å². The van der Waals surface area contributed by atoms with Gasteiger partial charge in [0.25, 0.3) is 5.91 Å². The standard InChI is InChI=1S/C13H13NO4/c1-3-18-12(15)7-10-9-5-4-8(17-2)6-11(9)14-13(10)16/h4-7H,3H2,1-2H3,(H,14,16). The van der Waals surface area contributed by atoms with Gasteiger partial charge in [-0.15, -0.1) is 0 Å². The molecular weight excluding hydrogens is 234 g/mol. The van der Waals surface area contributed by atoms with Crippen molar-refractivity contribution in [2.75, 3.05) is 19.0 Å². The number of ether oxygens (including phenoxy) is 2. The largest absolute Gasteiger partial charge is 0.497 e. The molecule has 0 fully saturated rings. The van der Waals surface area contributed by atoms with E-state index in [0.29, 0.717) is 22.6 Å². The maximum Gasteiger partial charge on any atom is 0.331 e. The highest BCUT2D eigenvalue weighted by Gasteiger charge is 2.25. The van der Waals surface area contributed by atoms with E-state index in [1.54, 1.807) is 32.2 Å². The fraction of sp³-hybridized carbons (Fsp3) is 0.231. The molecule has 0 saturated heterocycles. The van der Waals surface area contributed by atoms with Crippen LogP contribution < -0.4 is 10.1 Å². The SMILES string of the molecule is CCOC(=O)C=C1C(=O)Nc2cc(OC)ccc21. The second-order valence-corrected chi connectivity index (χ2v) is 3.68. The van der Waals surface area contributed by atoms with Gasteiger partial charge in [0.2, 0.25) is 0 Å². The molecule has 1 aromatic carbocycles. The van der Waals surface area contributed by atoms with E-state index in [4.69, 9.17) is 9.47 Å². The molecule has 0 bridgehead atoms. The van der Waals surface area contributed by atoms with Crippen molar-refractivity contribution in [1.29, 1.82) is 0 Å². The van der Waals surface area contributed by atoms with Crippen LogP contribution >= 0.6 is 0 Å². The summed E-state index contributed by atoms with van der Waals surface area (Å²) in [7, 11) is 1.55. The first kappa shape index (κ1) is 12.2. The number of carbonyl (C=O) groups excluding carboxylic acids is 2. The topological polar surface area (TPSA) is 64.6 Å². The zero-order valence-corrected chi connectivity index (χ0v) is 10.1. The Morgan fingerprint density at radius 3 is 2.89 bits per heavy atom. The van der Waals surface area contributed by atoms with Gasteiger partial charge in [-0.05, 0) is 19.1 Å². The minimum Gasteiger partial charge on any atom is -0.497 e. The van der Waals surface area contributed by atoms with Crippen LogP contribution in [0.25, 0.3) is 5.57 Å². The molecular formula is C13H13NO4. The summed E-state index contributed by atoms with van der Waals surface area (Å²) in [5, 5.41) is 2.67. The van der Waals surface area contributed by atoms with Gasteiger partial charge >= 0.3 is 5.97 Å². The highest BCUT2D eigenvalue weighted by Crippen LogP contribution is 2.34. The maximum atomic E-state index is 11.7. The zero-order valence-electron chi connectivity index (χ0n) is 10.1. The third-order valence-corrected chi connectivity index (χ3v) is 2.56. The summed E-state index contributed by atoms with van der Waals surface area (Å²) >= 11 is 0. The Morgan fingerprint density at radius 2 is 2.22 bits per heavy atom. The third-order valence-electron chi connectivity index (χ3n) is 2.56. The summed E-state index contributed by atoms with van der Waals surface area (Å²) in [5.41, 5.74) is 1.62. The number of anilines is 1. The minimum absolute atomic E-state index is 0.277. The van der Waals surface area contributed by atoms with Crippen molar-refractivity contribution in [3.63, 3.8) is 0 Å². The van der Waals surface area contributed by atoms with Crippen LogP contribution in [-0.4, -0.2) is 25.6 Å². The van der Waals surface area contributed by atoms with Gasteiger partial charge < -0.3 is 14.8 Å². The van der Waals surface area contributed by atoms with Crippen LogP contribution in [0.5, 0.6) is 5.75 Å². The van der Waals surface area contributed by atoms with Crippen molar-refractivity contribution in [2.45, 2.75) is 6.92 Å². The number of benzene rings is 1. The molecule has 18 heavy (non-hydrogen) atoms. The normalized spacial score (nSPS) is 15.2. The lowest BCUT2D eigenvalue weighted by molar-refractivity contribution is -0.137. The van der Waals surface area contributed by atoms with Gasteiger partial charge in [-0.1, -0.05) is 0 Å². The van der Waals surface area contributed by atoms with Gasteiger partial charge in [0, 0.05) is 17.7 Å². The lowest BCUT2D eigenvalue weighted by Crippen LogP contribution is -2.07. The van der Waals surface area contributed by atoms with Gasteiger partial charge in [-0.3, -0.25) is 4.79 Å². The Bertz CT molecular complexity index is 534. The van der Waals surface area contributed by atoms with Crippen molar-refractivity contribution in [3.8, 4) is 5.75 Å². The lowest BCUT2D eigenvalue weighted by atomic mass is 10.1. The van der Waals surface area contributed by atoms with Gasteiger partial charge in [0.15, 0.2) is 0 Å². The number of amides is 1. The summed E-state index contributed by atoms with van der Waals surface area (Å²) in [6.45, 7) is 1.99. The number of rotatable bonds is 3. The molecule has 0 saturated carbocycles. The molecule has 0 unspecified atom stereocenters. The molecule has 0 spiro atoms. The molecule has 94 valence electrons. The number of hydrogen-bond acceptors (Lipinski definition) is 4. The second kappa shape index (κ2) is 4.91. The molecule has 5 heteroatoms.